The molecular weight excluding hydrogens is 161 g/mol. The van der Waals surface area contributed by atoms with Gasteiger partial charge in [-0.1, -0.05) is 0 Å². The first kappa shape index (κ1) is 8.67. The van der Waals surface area contributed by atoms with E-state index in [1.54, 1.807) is 0 Å². The Kier molecular flexibility index (Phi) is 2.40. The van der Waals surface area contributed by atoms with E-state index in [1.807, 2.05) is 0 Å². The van der Waals surface area contributed by atoms with Gasteiger partial charge in [0.15, 0.2) is 5.78 Å². The zero-order valence-electron chi connectivity index (χ0n) is 6.25. The molecule has 0 unspecified atom stereocenters. The first-order chi connectivity index (χ1) is 5.65. The molecule has 0 aromatic heterocycles. The molecule has 12 heavy (non-hydrogen) atoms. The average molecular weight is 169 g/mol. The number of nitrogens with two attached hydrogens (primary N) is 1. The summed E-state index contributed by atoms with van der Waals surface area (Å²) in [5, 5.41) is 8.48. The largest absolute Gasteiger partial charge is 0.398 e. The van der Waals surface area contributed by atoms with Crippen LogP contribution in [0.1, 0.15) is 10.4 Å². The summed E-state index contributed by atoms with van der Waals surface area (Å²) >= 11 is 0. The molecule has 0 aliphatic carbocycles. The van der Waals surface area contributed by atoms with Crippen LogP contribution in [0.3, 0.4) is 0 Å². The van der Waals surface area contributed by atoms with E-state index in [0.29, 0.717) is 0 Å². The molecule has 0 aliphatic heterocycles. The summed E-state index contributed by atoms with van der Waals surface area (Å²) in [7, 11) is 0. The van der Waals surface area contributed by atoms with Crippen molar-refractivity contribution < 1.29 is 14.3 Å². The van der Waals surface area contributed by atoms with E-state index in [9.17, 15) is 9.18 Å². The monoisotopic (exact) mass is 169 g/mol. The molecule has 64 valence electrons. The van der Waals surface area contributed by atoms with Crippen LogP contribution in [-0.2, 0) is 0 Å². The molecule has 1 rings (SSSR count). The normalized spacial score (nSPS) is 9.83. The molecule has 0 saturated heterocycles. The fraction of sp³-hybridized carbons (Fsp3) is 0.125. The van der Waals surface area contributed by atoms with Gasteiger partial charge in [-0.25, -0.2) is 4.39 Å². The molecule has 1 aromatic rings. The van der Waals surface area contributed by atoms with Crippen molar-refractivity contribution in [1.82, 2.24) is 0 Å². The molecule has 0 atom stereocenters. The zero-order chi connectivity index (χ0) is 9.14. The van der Waals surface area contributed by atoms with Crippen LogP contribution in [0, 0.1) is 5.82 Å². The third-order valence-corrected chi connectivity index (χ3v) is 1.46. The van der Waals surface area contributed by atoms with Crippen molar-refractivity contribution in [3.05, 3.63) is 29.6 Å². The fourth-order valence-electron chi connectivity index (χ4n) is 0.873. The smallest absolute Gasteiger partial charge is 0.190 e. The molecule has 0 spiro atoms. The highest BCUT2D eigenvalue weighted by atomic mass is 19.1. The number of carbonyl (C=O) groups excluding carboxylic acids is 1. The van der Waals surface area contributed by atoms with Crippen molar-refractivity contribution in [3.8, 4) is 0 Å². The number of anilines is 1. The maximum Gasteiger partial charge on any atom is 0.190 e. The third-order valence-electron chi connectivity index (χ3n) is 1.46. The Labute approximate surface area is 68.6 Å². The predicted octanol–water partition coefficient (Wildman–Crippen LogP) is 0.583. The van der Waals surface area contributed by atoms with Crippen LogP contribution in [0.15, 0.2) is 18.2 Å². The van der Waals surface area contributed by atoms with Gasteiger partial charge in [0.2, 0.25) is 0 Å². The van der Waals surface area contributed by atoms with Gasteiger partial charge in [0.05, 0.1) is 0 Å². The van der Waals surface area contributed by atoms with Crippen LogP contribution in [-0.4, -0.2) is 17.5 Å². The van der Waals surface area contributed by atoms with Gasteiger partial charge >= 0.3 is 0 Å². The molecule has 3 nitrogen and oxygen atoms in total. The fourth-order valence-corrected chi connectivity index (χ4v) is 0.873. The minimum atomic E-state index is -0.615. The topological polar surface area (TPSA) is 63.3 Å². The van der Waals surface area contributed by atoms with Crippen LogP contribution in [0.25, 0.3) is 0 Å². The maximum absolute atomic E-state index is 12.5. The van der Waals surface area contributed by atoms with Crippen molar-refractivity contribution >= 4 is 11.5 Å². The lowest BCUT2D eigenvalue weighted by Crippen LogP contribution is -2.07. The van der Waals surface area contributed by atoms with Crippen LogP contribution >= 0.6 is 0 Å². The molecule has 0 amide bonds. The lowest BCUT2D eigenvalue weighted by atomic mass is 10.1. The molecule has 1 aromatic carbocycles. The Morgan fingerprint density at radius 1 is 1.58 bits per heavy atom. The molecule has 3 N–H and O–H groups in total. The summed E-state index contributed by atoms with van der Waals surface area (Å²) in [6, 6.07) is 3.42. The van der Waals surface area contributed by atoms with E-state index < -0.39 is 18.2 Å². The van der Waals surface area contributed by atoms with E-state index in [0.717, 1.165) is 12.1 Å². The second kappa shape index (κ2) is 3.32. The number of halogens is 1. The van der Waals surface area contributed by atoms with Gasteiger partial charge in [0, 0.05) is 11.3 Å². The van der Waals surface area contributed by atoms with Crippen molar-refractivity contribution in [2.45, 2.75) is 0 Å². The number of ketones is 1. The third kappa shape index (κ3) is 1.60. The van der Waals surface area contributed by atoms with Gasteiger partial charge in [-0.3, -0.25) is 4.79 Å². The van der Waals surface area contributed by atoms with Crippen LogP contribution in [0.5, 0.6) is 0 Å². The molecule has 4 heteroatoms. The Bertz CT molecular complexity index is 312. The van der Waals surface area contributed by atoms with Gasteiger partial charge in [-0.15, -0.1) is 0 Å². The molecular formula is C8H8FNO2. The Morgan fingerprint density at radius 3 is 2.75 bits per heavy atom. The molecule has 0 heterocycles. The maximum atomic E-state index is 12.5. The summed E-state index contributed by atoms with van der Waals surface area (Å²) in [5.41, 5.74) is 5.53. The minimum Gasteiger partial charge on any atom is -0.398 e. The van der Waals surface area contributed by atoms with Crippen molar-refractivity contribution in [3.63, 3.8) is 0 Å². The Morgan fingerprint density at radius 2 is 2.25 bits per heavy atom. The molecule has 0 saturated carbocycles. The molecule has 0 fully saturated rings. The van der Waals surface area contributed by atoms with Crippen molar-refractivity contribution in [2.75, 3.05) is 12.3 Å². The number of nitrogen functional groups attached to an aromatic ring is 1. The predicted molar refractivity (Wildman–Crippen MR) is 42.2 cm³/mol. The van der Waals surface area contributed by atoms with Gasteiger partial charge in [0.1, 0.15) is 12.4 Å². The molecule has 0 bridgehead atoms. The highest BCUT2D eigenvalue weighted by molar-refractivity contribution is 6.01. The first-order valence-electron chi connectivity index (χ1n) is 3.34. The van der Waals surface area contributed by atoms with E-state index >= 15 is 0 Å². The summed E-state index contributed by atoms with van der Waals surface area (Å²) < 4.78 is 12.5. The van der Waals surface area contributed by atoms with Crippen LogP contribution in [0.4, 0.5) is 10.1 Å². The van der Waals surface area contributed by atoms with Crippen LogP contribution in [0.2, 0.25) is 0 Å². The summed E-state index contributed by atoms with van der Waals surface area (Å²) in [6.07, 6.45) is 0. The van der Waals surface area contributed by atoms with Crippen molar-refractivity contribution in [1.29, 1.82) is 0 Å². The standard InChI is InChI=1S/C8H8FNO2/c9-5-1-2-6(7(10)3-5)8(12)4-11/h1-3,11H,4,10H2. The second-order valence-corrected chi connectivity index (χ2v) is 2.31. The number of aliphatic hydroxyl groups excluding tert-OH is 1. The number of benzene rings is 1. The highest BCUT2D eigenvalue weighted by Crippen LogP contribution is 2.13. The van der Waals surface area contributed by atoms with Gasteiger partial charge in [-0.2, -0.15) is 0 Å². The number of hydrogen-bond donors (Lipinski definition) is 2. The number of aliphatic hydroxyl groups is 1. The summed E-state index contributed by atoms with van der Waals surface area (Å²) in [6.45, 7) is -0.615. The van der Waals surface area contributed by atoms with E-state index in [4.69, 9.17) is 10.8 Å². The number of rotatable bonds is 2. The average Bonchev–Trinajstić information content (AvgIpc) is 2.03. The number of hydrogen-bond acceptors (Lipinski definition) is 3. The highest BCUT2D eigenvalue weighted by Gasteiger charge is 2.08. The summed E-state index contributed by atoms with van der Waals surface area (Å²) in [5.74, 6) is -1.01. The van der Waals surface area contributed by atoms with E-state index in [1.165, 1.54) is 6.07 Å². The zero-order valence-corrected chi connectivity index (χ0v) is 6.25. The molecule has 0 aliphatic rings. The van der Waals surface area contributed by atoms with Crippen LogP contribution < -0.4 is 5.73 Å². The number of carbonyl (C=O) groups is 1. The SMILES string of the molecule is Nc1cc(F)ccc1C(=O)CO. The van der Waals surface area contributed by atoms with Gasteiger partial charge in [-0.05, 0) is 18.2 Å². The number of Topliss-reactive ketones (excluding diaryl/α,β-unsaturated/α-hetero) is 1. The Hall–Kier alpha value is -1.42. The first-order valence-corrected chi connectivity index (χ1v) is 3.34. The summed E-state index contributed by atoms with van der Waals surface area (Å²) in [4.78, 5) is 10.9. The van der Waals surface area contributed by atoms with Crippen molar-refractivity contribution in [2.24, 2.45) is 0 Å². The van der Waals surface area contributed by atoms with E-state index in [-0.39, 0.29) is 11.3 Å². The lowest BCUT2D eigenvalue weighted by Gasteiger charge is -2.01. The molecule has 0 radical (unpaired) electrons. The van der Waals surface area contributed by atoms with Gasteiger partial charge in [0.25, 0.3) is 0 Å². The second-order valence-electron chi connectivity index (χ2n) is 2.31. The van der Waals surface area contributed by atoms with E-state index in [2.05, 4.69) is 0 Å². The quantitative estimate of drug-likeness (QED) is 0.503. The lowest BCUT2D eigenvalue weighted by molar-refractivity contribution is 0.0904. The Balaban J connectivity index is 3.09. The minimum absolute atomic E-state index is 0.0500. The van der Waals surface area contributed by atoms with Gasteiger partial charge < -0.3 is 10.8 Å².